The van der Waals surface area contributed by atoms with Crippen LogP contribution in [0.4, 0.5) is 5.69 Å². The number of fused-ring (bicyclic) bond motifs is 1. The van der Waals surface area contributed by atoms with E-state index in [4.69, 9.17) is 39.4 Å². The zero-order chi connectivity index (χ0) is 29.5. The van der Waals surface area contributed by atoms with Crippen LogP contribution < -0.4 is 32.2 Å². The van der Waals surface area contributed by atoms with Gasteiger partial charge in [-0.05, 0) is 41.5 Å². The lowest BCUT2D eigenvalue weighted by atomic mass is 10.00. The first-order valence-corrected chi connectivity index (χ1v) is 13.1. The summed E-state index contributed by atoms with van der Waals surface area (Å²) in [5, 5.41) is 17.4. The number of halogens is 2. The summed E-state index contributed by atoms with van der Waals surface area (Å²) in [5.74, 6) is -2.34. The van der Waals surface area contributed by atoms with E-state index in [9.17, 15) is 19.5 Å². The molecule has 1 aliphatic heterocycles. The molecule has 0 radical (unpaired) electrons. The van der Waals surface area contributed by atoms with Crippen molar-refractivity contribution >= 4 is 52.6 Å². The van der Waals surface area contributed by atoms with Crippen molar-refractivity contribution in [3.63, 3.8) is 0 Å². The number of benzene rings is 3. The minimum Gasteiger partial charge on any atom is -0.493 e. The van der Waals surface area contributed by atoms with Crippen LogP contribution in [0.3, 0.4) is 0 Å². The Hall–Kier alpha value is -4.58. The Balaban J connectivity index is 1.41. The number of amides is 2. The van der Waals surface area contributed by atoms with E-state index in [2.05, 4.69) is 20.9 Å². The maximum absolute atomic E-state index is 12.9. The number of hydrogen-bond donors (Lipinski definition) is 6. The van der Waals surface area contributed by atoms with Gasteiger partial charge in [-0.15, -0.1) is 0 Å². The van der Waals surface area contributed by atoms with E-state index in [0.29, 0.717) is 30.0 Å². The number of aliphatic imine (C=N–C) groups is 1. The normalized spacial score (nSPS) is 14.3. The number of nitrogens with zero attached hydrogens (tertiary/aromatic N) is 1. The Morgan fingerprint density at radius 3 is 2.39 bits per heavy atom. The molecule has 11 nitrogen and oxygen atoms in total. The van der Waals surface area contributed by atoms with Crippen molar-refractivity contribution in [2.75, 3.05) is 13.2 Å². The molecule has 2 amide bonds. The molecule has 3 aromatic rings. The van der Waals surface area contributed by atoms with E-state index in [1.165, 1.54) is 0 Å². The van der Waals surface area contributed by atoms with Gasteiger partial charge in [0.25, 0.3) is 5.91 Å². The Morgan fingerprint density at radius 2 is 1.73 bits per heavy atom. The molecule has 0 fully saturated rings. The number of rotatable bonds is 9. The summed E-state index contributed by atoms with van der Waals surface area (Å²) < 4.78 is 5.66. The summed E-state index contributed by atoms with van der Waals surface area (Å²) in [6.45, 7) is 0.271. The molecule has 0 unspecified atom stereocenters. The second-order valence-corrected chi connectivity index (χ2v) is 9.71. The average Bonchev–Trinajstić information content (AvgIpc) is 2.93. The quantitative estimate of drug-likeness (QED) is 0.123. The minimum absolute atomic E-state index is 0.0339. The molecule has 0 bridgehead atoms. The van der Waals surface area contributed by atoms with Gasteiger partial charge in [0.15, 0.2) is 5.96 Å². The highest BCUT2D eigenvalue weighted by atomic mass is 35.5. The van der Waals surface area contributed by atoms with E-state index < -0.39 is 23.5 Å². The molecule has 0 aromatic heterocycles. The van der Waals surface area contributed by atoms with Gasteiger partial charge in [-0.1, -0.05) is 53.5 Å². The predicted molar refractivity (Wildman–Crippen MR) is 156 cm³/mol. The highest BCUT2D eigenvalue weighted by molar-refractivity contribution is 6.40. The molecule has 13 heteroatoms. The van der Waals surface area contributed by atoms with Crippen LogP contribution in [0.25, 0.3) is 11.1 Å². The summed E-state index contributed by atoms with van der Waals surface area (Å²) in [7, 11) is 0. The van der Waals surface area contributed by atoms with E-state index in [1.54, 1.807) is 30.3 Å². The number of nitrogens with two attached hydrogens (primary N) is 2. The van der Waals surface area contributed by atoms with Crippen LogP contribution in [-0.2, 0) is 9.59 Å². The Morgan fingerprint density at radius 1 is 1.02 bits per heavy atom. The zero-order valence-electron chi connectivity index (χ0n) is 21.5. The van der Waals surface area contributed by atoms with Crippen LogP contribution >= 0.6 is 23.2 Å². The van der Waals surface area contributed by atoms with Crippen molar-refractivity contribution in [1.29, 1.82) is 0 Å². The van der Waals surface area contributed by atoms with Gasteiger partial charge in [0.1, 0.15) is 11.4 Å². The molecule has 1 heterocycles. The lowest BCUT2D eigenvalue weighted by molar-refractivity contribution is -0.133. The topological polar surface area (TPSA) is 181 Å². The van der Waals surface area contributed by atoms with Crippen LogP contribution in [0, 0.1) is 0 Å². The molecule has 4 rings (SSSR count). The van der Waals surface area contributed by atoms with Crippen molar-refractivity contribution in [3.8, 4) is 16.9 Å². The Kier molecular flexibility index (Phi) is 9.45. The number of nitrogens with one attached hydrogen (secondary N) is 3. The maximum atomic E-state index is 12.9. The van der Waals surface area contributed by atoms with Gasteiger partial charge < -0.3 is 37.3 Å². The second-order valence-electron chi connectivity index (χ2n) is 8.90. The van der Waals surface area contributed by atoms with Gasteiger partial charge in [0, 0.05) is 24.2 Å². The summed E-state index contributed by atoms with van der Waals surface area (Å²) in [4.78, 5) is 41.2. The molecule has 0 aliphatic carbocycles. The molecule has 41 heavy (non-hydrogen) atoms. The van der Waals surface area contributed by atoms with Gasteiger partial charge in [0.2, 0.25) is 5.91 Å². The van der Waals surface area contributed by atoms with Gasteiger partial charge in [-0.3, -0.25) is 9.59 Å². The summed E-state index contributed by atoms with van der Waals surface area (Å²) in [5.41, 5.74) is 13.1. The SMILES string of the molecule is NC(N)=Nc1ccc2c(c1)[C@@H](NCC(=O)N/C=C(/NC(=O)c1c(Cl)cc(-c3ccccc3)cc1Cl)C(=O)O)CCO2. The van der Waals surface area contributed by atoms with Crippen LogP contribution in [0.5, 0.6) is 5.75 Å². The molecule has 0 spiro atoms. The van der Waals surface area contributed by atoms with Crippen molar-refractivity contribution in [2.24, 2.45) is 16.5 Å². The molecular weight excluding hydrogens is 571 g/mol. The van der Waals surface area contributed by atoms with Crippen molar-refractivity contribution in [2.45, 2.75) is 12.5 Å². The molecule has 0 saturated heterocycles. The fourth-order valence-electron chi connectivity index (χ4n) is 4.16. The van der Waals surface area contributed by atoms with Crippen LogP contribution in [0.15, 0.2) is 77.6 Å². The predicted octanol–water partition coefficient (Wildman–Crippen LogP) is 3.45. The first-order chi connectivity index (χ1) is 19.6. The molecule has 0 saturated carbocycles. The molecule has 1 atom stereocenters. The highest BCUT2D eigenvalue weighted by Gasteiger charge is 2.23. The summed E-state index contributed by atoms with van der Waals surface area (Å²) in [6.07, 6.45) is 1.46. The number of guanidine groups is 1. The lowest BCUT2D eigenvalue weighted by Crippen LogP contribution is -2.36. The Labute approximate surface area is 245 Å². The van der Waals surface area contributed by atoms with Crippen LogP contribution in [-0.4, -0.2) is 42.0 Å². The largest absolute Gasteiger partial charge is 0.493 e. The number of hydrogen-bond acceptors (Lipinski definition) is 6. The Bertz CT molecular complexity index is 1520. The standard InChI is InChI=1S/C28H26Cl2N6O5/c29-19-10-16(15-4-2-1-3-5-15)11-20(30)25(19)26(38)36-22(27(39)40)13-34-24(37)14-33-21-8-9-41-23-7-6-17(12-18(21)23)35-28(31)32/h1-7,10-13,21,33H,8-9,14H2,(H,34,37)(H,36,38)(H,39,40)(H4,31,32,35)/b22-13+/t21-/m0/s1. The van der Waals surface area contributed by atoms with Gasteiger partial charge in [0.05, 0.1) is 34.4 Å². The number of carbonyl (C=O) groups excluding carboxylic acids is 2. The van der Waals surface area contributed by atoms with Gasteiger partial charge in [-0.2, -0.15) is 0 Å². The van der Waals surface area contributed by atoms with Gasteiger partial charge in [-0.25, -0.2) is 9.79 Å². The third-order valence-corrected chi connectivity index (χ3v) is 6.63. The maximum Gasteiger partial charge on any atom is 0.353 e. The molecular formula is C28H26Cl2N6O5. The zero-order valence-corrected chi connectivity index (χ0v) is 23.0. The van der Waals surface area contributed by atoms with Gasteiger partial charge >= 0.3 is 5.97 Å². The van der Waals surface area contributed by atoms with Crippen LogP contribution in [0.2, 0.25) is 10.0 Å². The molecule has 1 aliphatic rings. The number of carboxylic acids is 1. The third-order valence-electron chi connectivity index (χ3n) is 6.03. The highest BCUT2D eigenvalue weighted by Crippen LogP contribution is 2.35. The molecule has 8 N–H and O–H groups in total. The third kappa shape index (κ3) is 7.54. The van der Waals surface area contributed by atoms with E-state index >= 15 is 0 Å². The molecule has 212 valence electrons. The van der Waals surface area contributed by atoms with Crippen molar-refractivity contribution in [1.82, 2.24) is 16.0 Å². The fraction of sp³-hybridized carbons (Fsp3) is 0.143. The monoisotopic (exact) mass is 596 g/mol. The van der Waals surface area contributed by atoms with E-state index in [-0.39, 0.29) is 34.2 Å². The molecule has 3 aromatic carbocycles. The van der Waals surface area contributed by atoms with Crippen molar-refractivity contribution in [3.05, 3.63) is 93.7 Å². The summed E-state index contributed by atoms with van der Waals surface area (Å²) in [6, 6.07) is 17.3. The first kappa shape index (κ1) is 29.4. The lowest BCUT2D eigenvalue weighted by Gasteiger charge is -2.26. The number of ether oxygens (including phenoxy) is 1. The second kappa shape index (κ2) is 13.2. The first-order valence-electron chi connectivity index (χ1n) is 12.3. The fourth-order valence-corrected chi connectivity index (χ4v) is 4.81. The van der Waals surface area contributed by atoms with E-state index in [1.807, 2.05) is 30.3 Å². The number of carbonyl (C=O) groups is 3. The van der Waals surface area contributed by atoms with Crippen LogP contribution in [0.1, 0.15) is 28.4 Å². The number of carboxylic acid groups (broad SMARTS) is 1. The number of aliphatic carboxylic acids is 1. The summed E-state index contributed by atoms with van der Waals surface area (Å²) >= 11 is 12.7. The van der Waals surface area contributed by atoms with E-state index in [0.717, 1.165) is 17.3 Å². The minimum atomic E-state index is -1.48. The smallest absolute Gasteiger partial charge is 0.353 e. The van der Waals surface area contributed by atoms with Crippen molar-refractivity contribution < 1.29 is 24.2 Å². The average molecular weight is 597 g/mol.